The molecule has 0 saturated heterocycles. The molecule has 13 heavy (non-hydrogen) atoms. The van der Waals surface area contributed by atoms with Crippen LogP contribution in [0.15, 0.2) is 30.3 Å². The lowest BCUT2D eigenvalue weighted by Crippen LogP contribution is -2.20. The number of carbonyl (C=O) groups excluding carboxylic acids is 1. The van der Waals surface area contributed by atoms with E-state index in [1.54, 1.807) is 6.07 Å². The van der Waals surface area contributed by atoms with Crippen LogP contribution >= 0.6 is 0 Å². The number of carbonyl (C=O) groups is 1. The third kappa shape index (κ3) is 2.43. The number of hydrogen-bond acceptors (Lipinski definition) is 3. The van der Waals surface area contributed by atoms with Crippen LogP contribution in [0.25, 0.3) is 0 Å². The first kappa shape index (κ1) is 10.0. The highest BCUT2D eigenvalue weighted by Crippen LogP contribution is 2.07. The van der Waals surface area contributed by atoms with Crippen LogP contribution in [-0.2, 0) is 11.1 Å². The molecular weight excluding hydrogens is 195 g/mol. The molecule has 0 saturated carbocycles. The fourth-order valence-corrected chi connectivity index (χ4v) is 1.13. The van der Waals surface area contributed by atoms with Crippen LogP contribution in [0.3, 0.4) is 0 Å². The van der Waals surface area contributed by atoms with Crippen molar-refractivity contribution in [3.05, 3.63) is 35.9 Å². The van der Waals surface area contributed by atoms with Gasteiger partial charge >= 0.3 is 0 Å². The number of alkyl halides is 1. The molecular formula is C8H6FO3S-. The van der Waals surface area contributed by atoms with Gasteiger partial charge in [0.1, 0.15) is 0 Å². The fourth-order valence-electron chi connectivity index (χ4n) is 0.821. The lowest BCUT2D eigenvalue weighted by atomic mass is 10.1. The van der Waals surface area contributed by atoms with Gasteiger partial charge in [0.2, 0.25) is 11.3 Å². The molecule has 0 aliphatic rings. The molecule has 0 aromatic heterocycles. The number of Topliss-reactive ketones (excluding diaryl/α,β-unsaturated/α-hetero) is 1. The molecule has 0 amide bonds. The third-order valence-electron chi connectivity index (χ3n) is 1.43. The molecule has 1 aromatic rings. The van der Waals surface area contributed by atoms with Crippen molar-refractivity contribution >= 4 is 16.9 Å². The zero-order chi connectivity index (χ0) is 9.84. The molecule has 2 unspecified atom stereocenters. The van der Waals surface area contributed by atoms with E-state index in [9.17, 15) is 17.9 Å². The summed E-state index contributed by atoms with van der Waals surface area (Å²) in [5.41, 5.74) is -2.42. The van der Waals surface area contributed by atoms with Crippen molar-refractivity contribution in [2.75, 3.05) is 0 Å². The highest BCUT2D eigenvalue weighted by molar-refractivity contribution is 7.80. The van der Waals surface area contributed by atoms with Gasteiger partial charge in [-0.3, -0.25) is 9.00 Å². The molecule has 0 aliphatic heterocycles. The Labute approximate surface area is 76.9 Å². The van der Waals surface area contributed by atoms with Crippen molar-refractivity contribution in [2.24, 2.45) is 0 Å². The third-order valence-corrected chi connectivity index (χ3v) is 1.99. The van der Waals surface area contributed by atoms with Gasteiger partial charge in [-0.2, -0.15) is 0 Å². The molecule has 0 heterocycles. The maximum Gasteiger partial charge on any atom is 0.224 e. The van der Waals surface area contributed by atoms with Gasteiger partial charge in [-0.1, -0.05) is 30.3 Å². The average Bonchev–Trinajstić information content (AvgIpc) is 2.17. The van der Waals surface area contributed by atoms with Crippen molar-refractivity contribution in [3.8, 4) is 0 Å². The molecule has 0 aliphatic carbocycles. The van der Waals surface area contributed by atoms with Crippen molar-refractivity contribution in [2.45, 2.75) is 5.50 Å². The Hall–Kier alpha value is -1.07. The van der Waals surface area contributed by atoms with E-state index in [4.69, 9.17) is 0 Å². The molecule has 5 heteroatoms. The van der Waals surface area contributed by atoms with Crippen molar-refractivity contribution in [3.63, 3.8) is 0 Å². The molecule has 0 fully saturated rings. The number of ketones is 1. The van der Waals surface area contributed by atoms with Crippen LogP contribution in [0.1, 0.15) is 10.4 Å². The van der Waals surface area contributed by atoms with Crippen LogP contribution in [0.5, 0.6) is 0 Å². The van der Waals surface area contributed by atoms with Crippen LogP contribution in [0.2, 0.25) is 0 Å². The zero-order valence-electron chi connectivity index (χ0n) is 6.48. The summed E-state index contributed by atoms with van der Waals surface area (Å²) in [6.07, 6.45) is 0. The Kier molecular flexibility index (Phi) is 3.27. The second kappa shape index (κ2) is 4.25. The van der Waals surface area contributed by atoms with Crippen LogP contribution in [0, 0.1) is 0 Å². The smallest absolute Gasteiger partial charge is 0.224 e. The van der Waals surface area contributed by atoms with E-state index >= 15 is 0 Å². The quantitative estimate of drug-likeness (QED) is 0.542. The van der Waals surface area contributed by atoms with Crippen LogP contribution < -0.4 is 0 Å². The molecule has 2 atom stereocenters. The summed E-state index contributed by atoms with van der Waals surface area (Å²) in [5.74, 6) is -1.03. The fraction of sp³-hybridized carbons (Fsp3) is 0.125. The Balaban J connectivity index is 2.86. The van der Waals surface area contributed by atoms with Gasteiger partial charge in [-0.15, -0.1) is 0 Å². The highest BCUT2D eigenvalue weighted by Gasteiger charge is 2.19. The number of halogens is 1. The molecule has 70 valence electrons. The van der Waals surface area contributed by atoms with Gasteiger partial charge in [0.15, 0.2) is 0 Å². The first-order valence-electron chi connectivity index (χ1n) is 3.44. The van der Waals surface area contributed by atoms with Crippen LogP contribution in [-0.4, -0.2) is 20.0 Å². The summed E-state index contributed by atoms with van der Waals surface area (Å²) < 4.78 is 32.9. The lowest BCUT2D eigenvalue weighted by Gasteiger charge is -2.09. The summed E-state index contributed by atoms with van der Waals surface area (Å²) in [4.78, 5) is 11.0. The monoisotopic (exact) mass is 201 g/mol. The second-order valence-electron chi connectivity index (χ2n) is 2.31. The molecule has 0 bridgehead atoms. The predicted octanol–water partition coefficient (Wildman–Crippen LogP) is 1.04. The second-order valence-corrected chi connectivity index (χ2v) is 3.24. The Morgan fingerprint density at radius 2 is 1.92 bits per heavy atom. The number of benzene rings is 1. The van der Waals surface area contributed by atoms with Gasteiger partial charge in [-0.05, 0) is 11.1 Å². The topological polar surface area (TPSA) is 57.2 Å². The summed E-state index contributed by atoms with van der Waals surface area (Å²) in [6.45, 7) is 0. The Bertz CT molecular complexity index is 325. The summed E-state index contributed by atoms with van der Waals surface area (Å²) in [5, 5.41) is 0. The lowest BCUT2D eigenvalue weighted by molar-refractivity contribution is 0.0932. The summed E-state index contributed by atoms with van der Waals surface area (Å²) in [6, 6.07) is 7.45. The largest absolute Gasteiger partial charge is 0.770 e. The SMILES string of the molecule is O=C(c1ccccc1)C(F)S(=O)[O-]. The van der Waals surface area contributed by atoms with Crippen molar-refractivity contribution < 1.29 is 17.9 Å². The normalized spacial score (nSPS) is 14.9. The molecule has 1 rings (SSSR count). The van der Waals surface area contributed by atoms with E-state index in [2.05, 4.69) is 0 Å². The van der Waals surface area contributed by atoms with Crippen molar-refractivity contribution in [1.82, 2.24) is 0 Å². The van der Waals surface area contributed by atoms with Gasteiger partial charge in [-0.25, -0.2) is 4.39 Å². The number of rotatable bonds is 3. The van der Waals surface area contributed by atoms with E-state index in [1.807, 2.05) is 0 Å². The molecule has 1 aromatic carbocycles. The van der Waals surface area contributed by atoms with Crippen molar-refractivity contribution in [1.29, 1.82) is 0 Å². The molecule has 3 nitrogen and oxygen atoms in total. The Morgan fingerprint density at radius 1 is 1.38 bits per heavy atom. The zero-order valence-corrected chi connectivity index (χ0v) is 7.29. The van der Waals surface area contributed by atoms with E-state index in [0.717, 1.165) is 0 Å². The summed E-state index contributed by atoms with van der Waals surface area (Å²) >= 11 is -3.01. The van der Waals surface area contributed by atoms with E-state index in [1.165, 1.54) is 24.3 Å². The van der Waals surface area contributed by atoms with Gasteiger partial charge in [0, 0.05) is 5.56 Å². The Morgan fingerprint density at radius 3 is 2.38 bits per heavy atom. The summed E-state index contributed by atoms with van der Waals surface area (Å²) in [7, 11) is 0. The average molecular weight is 201 g/mol. The predicted molar refractivity (Wildman–Crippen MR) is 44.6 cm³/mol. The van der Waals surface area contributed by atoms with E-state index in [-0.39, 0.29) is 5.56 Å². The molecule has 0 spiro atoms. The maximum atomic E-state index is 12.6. The first-order chi connectivity index (χ1) is 6.13. The number of hydrogen-bond donors (Lipinski definition) is 0. The molecule has 0 N–H and O–H groups in total. The minimum absolute atomic E-state index is 0.0548. The van der Waals surface area contributed by atoms with Gasteiger partial charge in [0.25, 0.3) is 0 Å². The van der Waals surface area contributed by atoms with Gasteiger partial charge < -0.3 is 4.55 Å². The minimum atomic E-state index is -3.01. The van der Waals surface area contributed by atoms with E-state index in [0.29, 0.717) is 0 Å². The van der Waals surface area contributed by atoms with E-state index < -0.39 is 22.4 Å². The van der Waals surface area contributed by atoms with Gasteiger partial charge in [0.05, 0.1) is 0 Å². The molecule has 0 radical (unpaired) electrons. The standard InChI is InChI=1S/C8H7FO3S/c9-8(13(11)12)7(10)6-4-2-1-3-5-6/h1-5,8H,(H,11,12)/p-1. The maximum absolute atomic E-state index is 12.6. The van der Waals surface area contributed by atoms with Crippen LogP contribution in [0.4, 0.5) is 4.39 Å². The first-order valence-corrected chi connectivity index (χ1v) is 4.58. The minimum Gasteiger partial charge on any atom is -0.770 e. The highest BCUT2D eigenvalue weighted by atomic mass is 32.2.